The van der Waals surface area contributed by atoms with Gasteiger partial charge < -0.3 is 15.2 Å². The predicted molar refractivity (Wildman–Crippen MR) is 140 cm³/mol. The fourth-order valence-corrected chi connectivity index (χ4v) is 3.98. The molecule has 3 rings (SSSR count). The zero-order valence-corrected chi connectivity index (χ0v) is 20.8. The molecule has 3 aromatic rings. The number of nitrogens with one attached hydrogen (secondary N) is 1. The third-order valence-corrected chi connectivity index (χ3v) is 5.78. The molecule has 184 valence electrons. The second-order valence-corrected chi connectivity index (χ2v) is 9.24. The van der Waals surface area contributed by atoms with Crippen molar-refractivity contribution in [3.05, 3.63) is 89.5 Å². The molecule has 1 unspecified atom stereocenters. The Morgan fingerprint density at radius 1 is 0.886 bits per heavy atom. The Morgan fingerprint density at radius 3 is 2.03 bits per heavy atom. The van der Waals surface area contributed by atoms with Crippen molar-refractivity contribution in [2.45, 2.75) is 52.6 Å². The van der Waals surface area contributed by atoms with E-state index in [2.05, 4.69) is 62.5 Å². The fraction of sp³-hybridized carbons (Fsp3) is 0.333. The first-order valence-electron chi connectivity index (χ1n) is 12.3. The molecule has 0 fully saturated rings. The molecule has 0 aliphatic heterocycles. The quantitative estimate of drug-likeness (QED) is 0.308. The van der Waals surface area contributed by atoms with Gasteiger partial charge in [-0.25, -0.2) is 0 Å². The minimum Gasteiger partial charge on any atom is -0.486 e. The Labute approximate surface area is 208 Å². The highest BCUT2D eigenvalue weighted by Crippen LogP contribution is 2.29. The second-order valence-electron chi connectivity index (χ2n) is 9.24. The third kappa shape index (κ3) is 7.99. The Hall–Kier alpha value is -3.60. The van der Waals surface area contributed by atoms with Crippen LogP contribution in [0.25, 0.3) is 11.1 Å². The SMILES string of the molecule is CCCC(Oc1ccc(-c2ccc(CC(C)C)cc2)cc1)c1ccc(C(=O)NCCC(=O)O)cc1. The van der Waals surface area contributed by atoms with Crippen LogP contribution >= 0.6 is 0 Å². The summed E-state index contributed by atoms with van der Waals surface area (Å²) in [5, 5.41) is 11.3. The van der Waals surface area contributed by atoms with E-state index in [1.807, 2.05) is 24.3 Å². The summed E-state index contributed by atoms with van der Waals surface area (Å²) in [6, 6.07) is 24.2. The van der Waals surface area contributed by atoms with Crippen LogP contribution in [0.1, 0.15) is 67.6 Å². The summed E-state index contributed by atoms with van der Waals surface area (Å²) in [4.78, 5) is 22.8. The van der Waals surface area contributed by atoms with Crippen molar-refractivity contribution in [1.29, 1.82) is 0 Å². The molecule has 0 aromatic heterocycles. The topological polar surface area (TPSA) is 75.6 Å². The van der Waals surface area contributed by atoms with Crippen LogP contribution in [-0.4, -0.2) is 23.5 Å². The maximum Gasteiger partial charge on any atom is 0.305 e. The van der Waals surface area contributed by atoms with Gasteiger partial charge in [0.25, 0.3) is 5.91 Å². The van der Waals surface area contributed by atoms with Gasteiger partial charge in [0.15, 0.2) is 0 Å². The molecule has 2 N–H and O–H groups in total. The highest BCUT2D eigenvalue weighted by Gasteiger charge is 2.14. The van der Waals surface area contributed by atoms with Gasteiger partial charge in [0.1, 0.15) is 11.9 Å². The lowest BCUT2D eigenvalue weighted by Gasteiger charge is -2.20. The van der Waals surface area contributed by atoms with E-state index in [0.29, 0.717) is 11.5 Å². The fourth-order valence-electron chi connectivity index (χ4n) is 3.98. The van der Waals surface area contributed by atoms with E-state index in [9.17, 15) is 9.59 Å². The molecule has 5 heteroatoms. The lowest BCUT2D eigenvalue weighted by atomic mass is 9.99. The van der Waals surface area contributed by atoms with Gasteiger partial charge in [-0.3, -0.25) is 9.59 Å². The molecule has 0 saturated heterocycles. The van der Waals surface area contributed by atoms with E-state index >= 15 is 0 Å². The largest absolute Gasteiger partial charge is 0.486 e. The van der Waals surface area contributed by atoms with Crippen LogP contribution in [0.3, 0.4) is 0 Å². The number of aliphatic carboxylic acids is 1. The van der Waals surface area contributed by atoms with Crippen molar-refractivity contribution in [3.63, 3.8) is 0 Å². The molecular formula is C30H35NO4. The Kier molecular flexibility index (Phi) is 9.47. The Balaban J connectivity index is 1.64. The maximum absolute atomic E-state index is 12.2. The molecule has 0 heterocycles. The van der Waals surface area contributed by atoms with Crippen LogP contribution in [0, 0.1) is 5.92 Å². The minimum absolute atomic E-state index is 0.0987. The van der Waals surface area contributed by atoms with Gasteiger partial charge in [-0.2, -0.15) is 0 Å². The summed E-state index contributed by atoms with van der Waals surface area (Å²) in [5.74, 6) is 0.232. The lowest BCUT2D eigenvalue weighted by molar-refractivity contribution is -0.136. The average Bonchev–Trinajstić information content (AvgIpc) is 2.84. The number of amides is 1. The number of carboxylic acids is 1. The van der Waals surface area contributed by atoms with E-state index in [1.165, 1.54) is 11.1 Å². The molecule has 1 atom stereocenters. The molecule has 0 radical (unpaired) electrons. The van der Waals surface area contributed by atoms with Crippen molar-refractivity contribution in [2.75, 3.05) is 6.54 Å². The third-order valence-electron chi connectivity index (χ3n) is 5.78. The summed E-state index contributed by atoms with van der Waals surface area (Å²) in [6.45, 7) is 6.69. The molecule has 3 aromatic carbocycles. The van der Waals surface area contributed by atoms with E-state index < -0.39 is 5.97 Å². The number of hydrogen-bond acceptors (Lipinski definition) is 3. The molecule has 0 spiro atoms. The van der Waals surface area contributed by atoms with Gasteiger partial charge in [0.05, 0.1) is 6.42 Å². The second kappa shape index (κ2) is 12.7. The molecule has 1 amide bonds. The van der Waals surface area contributed by atoms with Crippen molar-refractivity contribution < 1.29 is 19.4 Å². The number of carboxylic acid groups (broad SMARTS) is 1. The summed E-state index contributed by atoms with van der Waals surface area (Å²) in [5.41, 5.74) is 5.19. The smallest absolute Gasteiger partial charge is 0.305 e. The standard InChI is InChI=1S/C30H35NO4/c1-4-5-28(25-10-12-26(13-11-25)30(34)31-19-18-29(32)33)35-27-16-14-24(15-17-27)23-8-6-22(7-9-23)20-21(2)3/h6-17,21,28H,4-5,18-20H2,1-3H3,(H,31,34)(H,32,33). The summed E-state index contributed by atoms with van der Waals surface area (Å²) in [6.07, 6.45) is 2.68. The van der Waals surface area contributed by atoms with Crippen LogP contribution in [0.4, 0.5) is 0 Å². The molecule has 0 aliphatic rings. The summed E-state index contributed by atoms with van der Waals surface area (Å²) < 4.78 is 6.32. The van der Waals surface area contributed by atoms with Crippen LogP contribution < -0.4 is 10.1 Å². The lowest BCUT2D eigenvalue weighted by Crippen LogP contribution is -2.26. The van der Waals surface area contributed by atoms with E-state index in [4.69, 9.17) is 9.84 Å². The first-order valence-corrected chi connectivity index (χ1v) is 12.3. The summed E-state index contributed by atoms with van der Waals surface area (Å²) in [7, 11) is 0. The molecule has 35 heavy (non-hydrogen) atoms. The van der Waals surface area contributed by atoms with Crippen molar-refractivity contribution >= 4 is 11.9 Å². The van der Waals surface area contributed by atoms with Gasteiger partial charge in [-0.1, -0.05) is 75.7 Å². The number of hydrogen-bond donors (Lipinski definition) is 2. The summed E-state index contributed by atoms with van der Waals surface area (Å²) >= 11 is 0. The van der Waals surface area contributed by atoms with Crippen LogP contribution in [-0.2, 0) is 11.2 Å². The molecule has 0 bridgehead atoms. The van der Waals surface area contributed by atoms with Crippen LogP contribution in [0.2, 0.25) is 0 Å². The maximum atomic E-state index is 12.2. The van der Waals surface area contributed by atoms with Gasteiger partial charge in [-0.05, 0) is 65.3 Å². The Bertz CT molecular complexity index is 1090. The number of rotatable bonds is 12. The Morgan fingerprint density at radius 2 is 1.49 bits per heavy atom. The normalized spacial score (nSPS) is 11.8. The number of carbonyl (C=O) groups excluding carboxylic acids is 1. The number of benzene rings is 3. The minimum atomic E-state index is -0.937. The van der Waals surface area contributed by atoms with Gasteiger partial charge >= 0.3 is 5.97 Å². The molecular weight excluding hydrogens is 438 g/mol. The highest BCUT2D eigenvalue weighted by molar-refractivity contribution is 5.94. The predicted octanol–water partition coefficient (Wildman–Crippen LogP) is 6.68. The zero-order valence-electron chi connectivity index (χ0n) is 20.8. The number of ether oxygens (including phenoxy) is 1. The van der Waals surface area contributed by atoms with Crippen LogP contribution in [0.5, 0.6) is 5.75 Å². The van der Waals surface area contributed by atoms with Crippen molar-refractivity contribution in [3.8, 4) is 16.9 Å². The highest BCUT2D eigenvalue weighted by atomic mass is 16.5. The van der Waals surface area contributed by atoms with Gasteiger partial charge in [-0.15, -0.1) is 0 Å². The molecule has 0 aliphatic carbocycles. The number of carbonyl (C=O) groups is 2. The van der Waals surface area contributed by atoms with E-state index in [0.717, 1.165) is 36.1 Å². The monoisotopic (exact) mass is 473 g/mol. The van der Waals surface area contributed by atoms with Crippen molar-refractivity contribution in [2.24, 2.45) is 5.92 Å². The van der Waals surface area contributed by atoms with Crippen LogP contribution in [0.15, 0.2) is 72.8 Å². The first kappa shape index (κ1) is 26.0. The van der Waals surface area contributed by atoms with Gasteiger partial charge in [0, 0.05) is 12.1 Å². The average molecular weight is 474 g/mol. The molecule has 0 saturated carbocycles. The zero-order chi connectivity index (χ0) is 25.2. The van der Waals surface area contributed by atoms with Crippen molar-refractivity contribution in [1.82, 2.24) is 5.32 Å². The molecule has 5 nitrogen and oxygen atoms in total. The first-order chi connectivity index (χ1) is 16.9. The van der Waals surface area contributed by atoms with E-state index in [1.54, 1.807) is 12.1 Å². The van der Waals surface area contributed by atoms with E-state index in [-0.39, 0.29) is 25.0 Å². The van der Waals surface area contributed by atoms with Gasteiger partial charge in [0.2, 0.25) is 0 Å².